The van der Waals surface area contributed by atoms with Gasteiger partial charge < -0.3 is 14.5 Å². The van der Waals surface area contributed by atoms with Crippen LogP contribution in [0.1, 0.15) is 24.8 Å². The SMILES string of the molecule is CN1C(=O)C2(CCN(C(=O)COc3ccccc3)CC2)C[C@H]1Cc1ccccc1. The molecule has 2 aromatic rings. The molecule has 0 aromatic heterocycles. The molecule has 2 fully saturated rings. The fourth-order valence-electron chi connectivity index (χ4n) is 4.67. The van der Waals surface area contributed by atoms with Gasteiger partial charge in [0, 0.05) is 26.2 Å². The highest BCUT2D eigenvalue weighted by Gasteiger charge is 2.51. The van der Waals surface area contributed by atoms with Crippen LogP contribution in [0.2, 0.25) is 0 Å². The van der Waals surface area contributed by atoms with Crippen LogP contribution in [-0.2, 0) is 16.0 Å². The average molecular weight is 392 g/mol. The second-order valence-corrected chi connectivity index (χ2v) is 8.23. The zero-order valence-electron chi connectivity index (χ0n) is 16.9. The minimum atomic E-state index is -0.314. The Kier molecular flexibility index (Phi) is 5.56. The monoisotopic (exact) mass is 392 g/mol. The number of ether oxygens (including phenoxy) is 1. The highest BCUT2D eigenvalue weighted by atomic mass is 16.5. The van der Waals surface area contributed by atoms with Crippen LogP contribution in [0.3, 0.4) is 0 Å². The van der Waals surface area contributed by atoms with Gasteiger partial charge in [-0.1, -0.05) is 48.5 Å². The maximum absolute atomic E-state index is 13.1. The lowest BCUT2D eigenvalue weighted by molar-refractivity contribution is -0.143. The molecule has 1 spiro atoms. The summed E-state index contributed by atoms with van der Waals surface area (Å²) in [6, 6.07) is 20.0. The number of amides is 2. The Labute approximate surface area is 172 Å². The number of hydrogen-bond donors (Lipinski definition) is 0. The van der Waals surface area contributed by atoms with Gasteiger partial charge in [-0.05, 0) is 43.4 Å². The number of likely N-dealkylation sites (N-methyl/N-ethyl adjacent to an activating group) is 1. The van der Waals surface area contributed by atoms with E-state index in [0.29, 0.717) is 18.8 Å². The van der Waals surface area contributed by atoms with Crippen molar-refractivity contribution in [3.8, 4) is 5.75 Å². The Balaban J connectivity index is 1.33. The van der Waals surface area contributed by atoms with Crippen LogP contribution in [0.4, 0.5) is 0 Å². The summed E-state index contributed by atoms with van der Waals surface area (Å²) in [5.74, 6) is 0.931. The van der Waals surface area contributed by atoms with Crippen molar-refractivity contribution in [2.24, 2.45) is 5.41 Å². The van der Waals surface area contributed by atoms with Gasteiger partial charge in [0.25, 0.3) is 5.91 Å². The van der Waals surface area contributed by atoms with Crippen molar-refractivity contribution in [1.82, 2.24) is 9.80 Å². The Morgan fingerprint density at radius 3 is 2.31 bits per heavy atom. The summed E-state index contributed by atoms with van der Waals surface area (Å²) < 4.78 is 5.59. The molecule has 4 rings (SSSR count). The van der Waals surface area contributed by atoms with Crippen LogP contribution in [0.5, 0.6) is 5.75 Å². The zero-order valence-corrected chi connectivity index (χ0v) is 16.9. The first-order valence-corrected chi connectivity index (χ1v) is 10.3. The molecule has 152 valence electrons. The number of carbonyl (C=O) groups excluding carboxylic acids is 2. The van der Waals surface area contributed by atoms with Crippen LogP contribution in [0.15, 0.2) is 60.7 Å². The van der Waals surface area contributed by atoms with E-state index in [1.807, 2.05) is 65.4 Å². The maximum atomic E-state index is 13.1. The summed E-state index contributed by atoms with van der Waals surface area (Å²) in [6.07, 6.45) is 3.23. The number of likely N-dealkylation sites (tertiary alicyclic amines) is 2. The van der Waals surface area contributed by atoms with E-state index in [0.717, 1.165) is 25.7 Å². The topological polar surface area (TPSA) is 49.9 Å². The van der Waals surface area contributed by atoms with E-state index in [1.165, 1.54) is 5.56 Å². The zero-order chi connectivity index (χ0) is 20.3. The second-order valence-electron chi connectivity index (χ2n) is 8.23. The third-order valence-electron chi connectivity index (χ3n) is 6.44. The number of piperidine rings is 1. The van der Waals surface area contributed by atoms with Crippen LogP contribution in [0.25, 0.3) is 0 Å². The van der Waals surface area contributed by atoms with Crippen LogP contribution in [-0.4, -0.2) is 54.4 Å². The van der Waals surface area contributed by atoms with E-state index in [4.69, 9.17) is 4.74 Å². The highest BCUT2D eigenvalue weighted by Crippen LogP contribution is 2.44. The van der Waals surface area contributed by atoms with E-state index in [1.54, 1.807) is 0 Å². The van der Waals surface area contributed by atoms with Crippen molar-refractivity contribution in [3.63, 3.8) is 0 Å². The average Bonchev–Trinajstić information content (AvgIpc) is 2.98. The summed E-state index contributed by atoms with van der Waals surface area (Å²) in [5.41, 5.74) is 0.950. The molecule has 0 unspecified atom stereocenters. The van der Waals surface area contributed by atoms with Crippen molar-refractivity contribution in [3.05, 3.63) is 66.2 Å². The van der Waals surface area contributed by atoms with Gasteiger partial charge in [0.1, 0.15) is 5.75 Å². The summed E-state index contributed by atoms with van der Waals surface area (Å²) in [4.78, 5) is 29.4. The molecule has 0 bridgehead atoms. The van der Waals surface area contributed by atoms with E-state index in [9.17, 15) is 9.59 Å². The number of carbonyl (C=O) groups is 2. The van der Waals surface area contributed by atoms with Gasteiger partial charge in [0.2, 0.25) is 5.91 Å². The molecule has 2 aliphatic rings. The fraction of sp³-hybridized carbons (Fsp3) is 0.417. The number of hydrogen-bond acceptors (Lipinski definition) is 3. The predicted molar refractivity (Wildman–Crippen MR) is 112 cm³/mol. The Morgan fingerprint density at radius 2 is 1.66 bits per heavy atom. The number of para-hydroxylation sites is 1. The molecule has 29 heavy (non-hydrogen) atoms. The molecule has 0 aliphatic carbocycles. The quantitative estimate of drug-likeness (QED) is 0.785. The first-order valence-electron chi connectivity index (χ1n) is 10.3. The minimum absolute atomic E-state index is 0.0108. The molecule has 0 saturated carbocycles. The maximum Gasteiger partial charge on any atom is 0.260 e. The normalized spacial score (nSPS) is 20.9. The third kappa shape index (κ3) is 4.14. The largest absolute Gasteiger partial charge is 0.484 e. The summed E-state index contributed by atoms with van der Waals surface area (Å²) in [6.45, 7) is 1.28. The van der Waals surface area contributed by atoms with Gasteiger partial charge >= 0.3 is 0 Å². The fourth-order valence-corrected chi connectivity index (χ4v) is 4.67. The van der Waals surface area contributed by atoms with Gasteiger partial charge in [-0.2, -0.15) is 0 Å². The Hall–Kier alpha value is -2.82. The molecule has 2 amide bonds. The molecule has 2 aliphatic heterocycles. The molecule has 5 nitrogen and oxygen atoms in total. The predicted octanol–water partition coefficient (Wildman–Crippen LogP) is 3.15. The van der Waals surface area contributed by atoms with Gasteiger partial charge in [0.15, 0.2) is 6.61 Å². The lowest BCUT2D eigenvalue weighted by Crippen LogP contribution is -2.47. The Bertz CT molecular complexity index is 845. The van der Waals surface area contributed by atoms with Gasteiger partial charge in [0.05, 0.1) is 5.41 Å². The summed E-state index contributed by atoms with van der Waals surface area (Å²) >= 11 is 0. The van der Waals surface area contributed by atoms with Crippen molar-refractivity contribution in [1.29, 1.82) is 0 Å². The van der Waals surface area contributed by atoms with Crippen molar-refractivity contribution in [2.75, 3.05) is 26.7 Å². The van der Waals surface area contributed by atoms with Crippen molar-refractivity contribution in [2.45, 2.75) is 31.7 Å². The molecule has 2 aromatic carbocycles. The molecule has 2 saturated heterocycles. The van der Waals surface area contributed by atoms with Crippen LogP contribution in [0, 0.1) is 5.41 Å². The van der Waals surface area contributed by atoms with Gasteiger partial charge in [-0.15, -0.1) is 0 Å². The number of nitrogens with zero attached hydrogens (tertiary/aromatic N) is 2. The molecule has 2 heterocycles. The van der Waals surface area contributed by atoms with E-state index in [2.05, 4.69) is 12.1 Å². The van der Waals surface area contributed by atoms with Crippen molar-refractivity contribution < 1.29 is 14.3 Å². The minimum Gasteiger partial charge on any atom is -0.484 e. The van der Waals surface area contributed by atoms with Gasteiger partial charge in [-0.3, -0.25) is 9.59 Å². The molecule has 0 N–H and O–H groups in total. The highest BCUT2D eigenvalue weighted by molar-refractivity contribution is 5.86. The molecular weight excluding hydrogens is 364 g/mol. The summed E-state index contributed by atoms with van der Waals surface area (Å²) in [5, 5.41) is 0. The van der Waals surface area contributed by atoms with Crippen LogP contribution < -0.4 is 4.74 Å². The first kappa shape index (κ1) is 19.5. The molecule has 5 heteroatoms. The number of benzene rings is 2. The lowest BCUT2D eigenvalue weighted by Gasteiger charge is -2.37. The van der Waals surface area contributed by atoms with E-state index < -0.39 is 0 Å². The van der Waals surface area contributed by atoms with E-state index >= 15 is 0 Å². The smallest absolute Gasteiger partial charge is 0.260 e. The van der Waals surface area contributed by atoms with Gasteiger partial charge in [-0.25, -0.2) is 0 Å². The summed E-state index contributed by atoms with van der Waals surface area (Å²) in [7, 11) is 1.93. The Morgan fingerprint density at radius 1 is 1.03 bits per heavy atom. The standard InChI is InChI=1S/C24H28N2O3/c1-25-20(16-19-8-4-2-5-9-19)17-24(23(25)28)12-14-26(15-13-24)22(27)18-29-21-10-6-3-7-11-21/h2-11,20H,12-18H2,1H3/t20-/m1/s1. The molecule has 0 radical (unpaired) electrons. The number of rotatable bonds is 5. The first-order chi connectivity index (χ1) is 14.1. The third-order valence-corrected chi connectivity index (χ3v) is 6.44. The molecule has 1 atom stereocenters. The second kappa shape index (κ2) is 8.27. The van der Waals surface area contributed by atoms with Crippen molar-refractivity contribution >= 4 is 11.8 Å². The lowest BCUT2D eigenvalue weighted by atomic mass is 9.75. The molecular formula is C24H28N2O3. The van der Waals surface area contributed by atoms with Crippen LogP contribution >= 0.6 is 0 Å². The van der Waals surface area contributed by atoms with E-state index in [-0.39, 0.29) is 29.9 Å².